The minimum Gasteiger partial charge on any atom is -0.352 e. The van der Waals surface area contributed by atoms with Crippen molar-refractivity contribution in [2.24, 2.45) is 0 Å². The van der Waals surface area contributed by atoms with Gasteiger partial charge in [-0.15, -0.1) is 0 Å². The molecular formula is C17H17ClN2O2. The first-order chi connectivity index (χ1) is 10.6. The van der Waals surface area contributed by atoms with Crippen molar-refractivity contribution in [3.05, 3.63) is 64.7 Å². The number of carbonyl (C=O) groups is 2. The molecule has 22 heavy (non-hydrogen) atoms. The molecule has 2 N–H and O–H groups in total. The van der Waals surface area contributed by atoms with Gasteiger partial charge in [0, 0.05) is 17.7 Å². The lowest BCUT2D eigenvalue weighted by Gasteiger charge is -2.08. The average Bonchev–Trinajstić information content (AvgIpc) is 2.54. The molecule has 2 aromatic carbocycles. The van der Waals surface area contributed by atoms with E-state index in [4.69, 9.17) is 11.6 Å². The van der Waals surface area contributed by atoms with Crippen LogP contribution in [0.4, 0.5) is 5.69 Å². The first kappa shape index (κ1) is 16.0. The molecule has 0 bridgehead atoms. The van der Waals surface area contributed by atoms with Crippen LogP contribution in [0.5, 0.6) is 0 Å². The topological polar surface area (TPSA) is 58.2 Å². The Bertz CT molecular complexity index is 686. The molecule has 0 saturated carbocycles. The number of nitrogens with one attached hydrogen (secondary N) is 2. The molecule has 114 valence electrons. The molecule has 0 saturated heterocycles. The molecule has 0 unspecified atom stereocenters. The quantitative estimate of drug-likeness (QED) is 0.883. The molecule has 0 aliphatic heterocycles. The first-order valence-electron chi connectivity index (χ1n) is 7.06. The predicted molar refractivity (Wildman–Crippen MR) is 88.5 cm³/mol. The lowest BCUT2D eigenvalue weighted by atomic mass is 10.1. The maximum Gasteiger partial charge on any atom is 0.255 e. The number of rotatable bonds is 5. The summed E-state index contributed by atoms with van der Waals surface area (Å²) < 4.78 is 0. The molecule has 0 aliphatic carbocycles. The van der Waals surface area contributed by atoms with Crippen LogP contribution in [0.15, 0.2) is 48.5 Å². The molecule has 0 heterocycles. The second kappa shape index (κ2) is 7.61. The monoisotopic (exact) mass is 316 g/mol. The van der Waals surface area contributed by atoms with Crippen LogP contribution in [0.1, 0.15) is 34.1 Å². The van der Waals surface area contributed by atoms with Crippen molar-refractivity contribution in [3.8, 4) is 0 Å². The second-order valence-corrected chi connectivity index (χ2v) is 5.18. The van der Waals surface area contributed by atoms with E-state index in [0.29, 0.717) is 28.4 Å². The van der Waals surface area contributed by atoms with Gasteiger partial charge < -0.3 is 10.6 Å². The Balaban J connectivity index is 2.13. The number of amides is 2. The third-order valence-electron chi connectivity index (χ3n) is 3.04. The van der Waals surface area contributed by atoms with Gasteiger partial charge in [0.25, 0.3) is 11.8 Å². The molecule has 0 radical (unpaired) electrons. The fourth-order valence-electron chi connectivity index (χ4n) is 1.90. The summed E-state index contributed by atoms with van der Waals surface area (Å²) in [7, 11) is 0. The summed E-state index contributed by atoms with van der Waals surface area (Å²) in [5.74, 6) is -0.493. The third-order valence-corrected chi connectivity index (χ3v) is 3.37. The summed E-state index contributed by atoms with van der Waals surface area (Å²) in [6, 6.07) is 13.6. The number of hydrogen-bond donors (Lipinski definition) is 2. The van der Waals surface area contributed by atoms with E-state index in [9.17, 15) is 9.59 Å². The van der Waals surface area contributed by atoms with Crippen molar-refractivity contribution in [2.75, 3.05) is 11.9 Å². The standard InChI is InChI=1S/C17H17ClN2O2/c1-2-10-19-16(21)12-6-5-7-13(11-12)17(22)20-15-9-4-3-8-14(15)18/h3-9,11H,2,10H2,1H3,(H,19,21)(H,20,22). The van der Waals surface area contributed by atoms with Gasteiger partial charge in [-0.2, -0.15) is 0 Å². The van der Waals surface area contributed by atoms with Crippen molar-refractivity contribution in [3.63, 3.8) is 0 Å². The molecule has 2 amide bonds. The van der Waals surface area contributed by atoms with Crippen molar-refractivity contribution in [2.45, 2.75) is 13.3 Å². The molecular weight excluding hydrogens is 300 g/mol. The van der Waals surface area contributed by atoms with E-state index in [0.717, 1.165) is 6.42 Å². The lowest BCUT2D eigenvalue weighted by molar-refractivity contribution is 0.0953. The van der Waals surface area contributed by atoms with Gasteiger partial charge in [0.05, 0.1) is 10.7 Å². The van der Waals surface area contributed by atoms with Crippen LogP contribution in [0, 0.1) is 0 Å². The Labute approximate surface area is 134 Å². The summed E-state index contributed by atoms with van der Waals surface area (Å²) in [6.07, 6.45) is 0.860. The number of carbonyl (C=O) groups excluding carboxylic acids is 2. The normalized spacial score (nSPS) is 10.1. The van der Waals surface area contributed by atoms with Crippen molar-refractivity contribution in [1.82, 2.24) is 5.32 Å². The number of benzene rings is 2. The maximum atomic E-state index is 12.3. The number of para-hydroxylation sites is 1. The molecule has 0 aliphatic rings. The van der Waals surface area contributed by atoms with Crippen LogP contribution in [-0.2, 0) is 0 Å². The zero-order valence-corrected chi connectivity index (χ0v) is 13.0. The molecule has 2 aromatic rings. The fourth-order valence-corrected chi connectivity index (χ4v) is 2.08. The van der Waals surface area contributed by atoms with Gasteiger partial charge in [-0.25, -0.2) is 0 Å². The van der Waals surface area contributed by atoms with E-state index in [1.807, 2.05) is 6.92 Å². The van der Waals surface area contributed by atoms with Crippen LogP contribution >= 0.6 is 11.6 Å². The Morgan fingerprint density at radius 2 is 1.68 bits per heavy atom. The minimum absolute atomic E-state index is 0.186. The van der Waals surface area contributed by atoms with Crippen LogP contribution in [0.2, 0.25) is 5.02 Å². The zero-order chi connectivity index (χ0) is 15.9. The number of anilines is 1. The van der Waals surface area contributed by atoms with Crippen LogP contribution in [0.25, 0.3) is 0 Å². The molecule has 4 nitrogen and oxygen atoms in total. The third kappa shape index (κ3) is 4.09. The summed E-state index contributed by atoms with van der Waals surface area (Å²) in [6.45, 7) is 2.59. The molecule has 2 rings (SSSR count). The largest absolute Gasteiger partial charge is 0.352 e. The van der Waals surface area contributed by atoms with Crippen LogP contribution in [0.3, 0.4) is 0 Å². The Morgan fingerprint density at radius 1 is 1.00 bits per heavy atom. The van der Waals surface area contributed by atoms with Gasteiger partial charge in [0.1, 0.15) is 0 Å². The number of hydrogen-bond acceptors (Lipinski definition) is 2. The first-order valence-corrected chi connectivity index (χ1v) is 7.43. The van der Waals surface area contributed by atoms with E-state index < -0.39 is 0 Å². The summed E-state index contributed by atoms with van der Waals surface area (Å²) in [5, 5.41) is 5.98. The van der Waals surface area contributed by atoms with E-state index in [1.165, 1.54) is 0 Å². The molecule has 0 aromatic heterocycles. The Hall–Kier alpha value is -2.33. The predicted octanol–water partition coefficient (Wildman–Crippen LogP) is 3.73. The van der Waals surface area contributed by atoms with Crippen LogP contribution < -0.4 is 10.6 Å². The molecule has 0 spiro atoms. The highest BCUT2D eigenvalue weighted by atomic mass is 35.5. The van der Waals surface area contributed by atoms with Gasteiger partial charge in [0.2, 0.25) is 0 Å². The maximum absolute atomic E-state index is 12.3. The van der Waals surface area contributed by atoms with Crippen molar-refractivity contribution >= 4 is 29.1 Å². The van der Waals surface area contributed by atoms with Gasteiger partial charge in [-0.3, -0.25) is 9.59 Å². The fraction of sp³-hybridized carbons (Fsp3) is 0.176. The summed E-state index contributed by atoms with van der Waals surface area (Å²) in [4.78, 5) is 24.2. The van der Waals surface area contributed by atoms with E-state index in [-0.39, 0.29) is 11.8 Å². The minimum atomic E-state index is -0.307. The second-order valence-electron chi connectivity index (χ2n) is 4.77. The number of halogens is 1. The van der Waals surface area contributed by atoms with Gasteiger partial charge in [-0.05, 0) is 36.8 Å². The highest BCUT2D eigenvalue weighted by Gasteiger charge is 2.11. The smallest absolute Gasteiger partial charge is 0.255 e. The Morgan fingerprint density at radius 3 is 2.36 bits per heavy atom. The zero-order valence-electron chi connectivity index (χ0n) is 12.2. The van der Waals surface area contributed by atoms with E-state index >= 15 is 0 Å². The molecule has 0 atom stereocenters. The Kier molecular flexibility index (Phi) is 5.55. The summed E-state index contributed by atoms with van der Waals surface area (Å²) >= 11 is 6.02. The van der Waals surface area contributed by atoms with E-state index in [2.05, 4.69) is 10.6 Å². The lowest BCUT2D eigenvalue weighted by Crippen LogP contribution is -2.24. The average molecular weight is 317 g/mol. The molecule has 5 heteroatoms. The SMILES string of the molecule is CCCNC(=O)c1cccc(C(=O)Nc2ccccc2Cl)c1. The summed E-state index contributed by atoms with van der Waals surface area (Å²) in [5.41, 5.74) is 1.40. The van der Waals surface area contributed by atoms with E-state index in [1.54, 1.807) is 48.5 Å². The van der Waals surface area contributed by atoms with Crippen LogP contribution in [-0.4, -0.2) is 18.4 Å². The highest BCUT2D eigenvalue weighted by Crippen LogP contribution is 2.21. The van der Waals surface area contributed by atoms with Gasteiger partial charge >= 0.3 is 0 Å². The van der Waals surface area contributed by atoms with Gasteiger partial charge in [-0.1, -0.05) is 36.7 Å². The van der Waals surface area contributed by atoms with Crippen molar-refractivity contribution < 1.29 is 9.59 Å². The van der Waals surface area contributed by atoms with Crippen molar-refractivity contribution in [1.29, 1.82) is 0 Å². The van der Waals surface area contributed by atoms with Gasteiger partial charge in [0.15, 0.2) is 0 Å². The molecule has 0 fully saturated rings. The highest BCUT2D eigenvalue weighted by molar-refractivity contribution is 6.33.